The Morgan fingerprint density at radius 2 is 2.25 bits per heavy atom. The molecule has 0 bridgehead atoms. The SMILES string of the molecule is COCC(C)C1CCC(C)NC1. The first kappa shape index (κ1) is 10.0. The van der Waals surface area contributed by atoms with Crippen molar-refractivity contribution >= 4 is 0 Å². The van der Waals surface area contributed by atoms with Crippen molar-refractivity contribution in [1.82, 2.24) is 5.32 Å². The van der Waals surface area contributed by atoms with Crippen molar-refractivity contribution in [3.05, 3.63) is 0 Å². The zero-order chi connectivity index (χ0) is 8.97. The van der Waals surface area contributed by atoms with Gasteiger partial charge in [-0.1, -0.05) is 6.92 Å². The van der Waals surface area contributed by atoms with Crippen LogP contribution >= 0.6 is 0 Å². The van der Waals surface area contributed by atoms with Gasteiger partial charge in [0.05, 0.1) is 0 Å². The highest BCUT2D eigenvalue weighted by atomic mass is 16.5. The second-order valence-corrected chi connectivity index (χ2v) is 4.08. The predicted octanol–water partition coefficient (Wildman–Crippen LogP) is 1.66. The summed E-state index contributed by atoms with van der Waals surface area (Å²) in [7, 11) is 1.79. The normalized spacial score (nSPS) is 33.2. The van der Waals surface area contributed by atoms with Crippen molar-refractivity contribution in [3.8, 4) is 0 Å². The summed E-state index contributed by atoms with van der Waals surface area (Å²) in [5.74, 6) is 1.52. The topological polar surface area (TPSA) is 21.3 Å². The first-order valence-corrected chi connectivity index (χ1v) is 4.96. The molecule has 1 heterocycles. The lowest BCUT2D eigenvalue weighted by Gasteiger charge is -2.31. The zero-order valence-electron chi connectivity index (χ0n) is 8.47. The minimum absolute atomic E-state index is 0.704. The molecule has 1 aliphatic rings. The van der Waals surface area contributed by atoms with Gasteiger partial charge < -0.3 is 10.1 Å². The van der Waals surface area contributed by atoms with Gasteiger partial charge >= 0.3 is 0 Å². The fourth-order valence-corrected chi connectivity index (χ4v) is 1.91. The lowest BCUT2D eigenvalue weighted by molar-refractivity contribution is 0.114. The summed E-state index contributed by atoms with van der Waals surface area (Å²) < 4.78 is 5.16. The molecule has 1 saturated heterocycles. The van der Waals surface area contributed by atoms with Gasteiger partial charge in [-0.3, -0.25) is 0 Å². The van der Waals surface area contributed by atoms with Crippen LogP contribution in [0.25, 0.3) is 0 Å². The number of nitrogens with one attached hydrogen (secondary N) is 1. The second kappa shape index (κ2) is 4.83. The summed E-state index contributed by atoms with van der Waals surface area (Å²) in [4.78, 5) is 0. The van der Waals surface area contributed by atoms with Gasteiger partial charge in [0.2, 0.25) is 0 Å². The highest BCUT2D eigenvalue weighted by Gasteiger charge is 2.22. The van der Waals surface area contributed by atoms with Gasteiger partial charge in [-0.15, -0.1) is 0 Å². The van der Waals surface area contributed by atoms with Gasteiger partial charge in [-0.2, -0.15) is 0 Å². The van der Waals surface area contributed by atoms with E-state index in [0.29, 0.717) is 5.92 Å². The molecule has 3 atom stereocenters. The molecule has 0 aromatic rings. The minimum Gasteiger partial charge on any atom is -0.384 e. The van der Waals surface area contributed by atoms with Crippen LogP contribution in [0.1, 0.15) is 26.7 Å². The number of ether oxygens (including phenoxy) is 1. The van der Waals surface area contributed by atoms with Crippen LogP contribution in [0.5, 0.6) is 0 Å². The van der Waals surface area contributed by atoms with Crippen molar-refractivity contribution in [2.75, 3.05) is 20.3 Å². The first-order valence-electron chi connectivity index (χ1n) is 4.96. The zero-order valence-corrected chi connectivity index (χ0v) is 8.47. The van der Waals surface area contributed by atoms with Crippen LogP contribution in [-0.4, -0.2) is 26.3 Å². The maximum Gasteiger partial charge on any atom is 0.0490 e. The molecule has 0 amide bonds. The van der Waals surface area contributed by atoms with E-state index in [9.17, 15) is 0 Å². The fourth-order valence-electron chi connectivity index (χ4n) is 1.91. The largest absolute Gasteiger partial charge is 0.384 e. The Morgan fingerprint density at radius 3 is 2.75 bits per heavy atom. The number of hydrogen-bond acceptors (Lipinski definition) is 2. The smallest absolute Gasteiger partial charge is 0.0490 e. The van der Waals surface area contributed by atoms with Gasteiger partial charge in [0.1, 0.15) is 0 Å². The van der Waals surface area contributed by atoms with E-state index < -0.39 is 0 Å². The number of rotatable bonds is 3. The number of methoxy groups -OCH3 is 1. The molecule has 0 spiro atoms. The lowest BCUT2D eigenvalue weighted by atomic mass is 9.86. The highest BCUT2D eigenvalue weighted by molar-refractivity contribution is 4.77. The molecule has 0 aromatic carbocycles. The van der Waals surface area contributed by atoms with E-state index in [4.69, 9.17) is 4.74 Å². The van der Waals surface area contributed by atoms with E-state index in [1.807, 2.05) is 0 Å². The molecule has 1 N–H and O–H groups in total. The number of hydrogen-bond donors (Lipinski definition) is 1. The Kier molecular flexibility index (Phi) is 4.02. The van der Waals surface area contributed by atoms with E-state index in [0.717, 1.165) is 18.6 Å². The van der Waals surface area contributed by atoms with Crippen molar-refractivity contribution in [2.45, 2.75) is 32.7 Å². The van der Waals surface area contributed by atoms with Crippen molar-refractivity contribution in [3.63, 3.8) is 0 Å². The summed E-state index contributed by atoms with van der Waals surface area (Å²) in [6, 6.07) is 0.719. The lowest BCUT2D eigenvalue weighted by Crippen LogP contribution is -2.40. The summed E-state index contributed by atoms with van der Waals surface area (Å²) >= 11 is 0. The summed E-state index contributed by atoms with van der Waals surface area (Å²) in [5, 5.41) is 3.52. The third-order valence-corrected chi connectivity index (χ3v) is 2.93. The molecule has 12 heavy (non-hydrogen) atoms. The molecular weight excluding hydrogens is 150 g/mol. The molecule has 0 radical (unpaired) electrons. The molecule has 0 aromatic heterocycles. The monoisotopic (exact) mass is 171 g/mol. The third kappa shape index (κ3) is 2.76. The van der Waals surface area contributed by atoms with Crippen LogP contribution in [-0.2, 0) is 4.74 Å². The van der Waals surface area contributed by atoms with E-state index >= 15 is 0 Å². The maximum absolute atomic E-state index is 5.16. The molecule has 3 unspecified atom stereocenters. The van der Waals surface area contributed by atoms with Gasteiger partial charge in [-0.05, 0) is 38.1 Å². The van der Waals surface area contributed by atoms with Crippen LogP contribution in [0.3, 0.4) is 0 Å². The summed E-state index contributed by atoms with van der Waals surface area (Å²) in [6.07, 6.45) is 2.68. The Morgan fingerprint density at radius 1 is 1.50 bits per heavy atom. The van der Waals surface area contributed by atoms with Gasteiger partial charge in [0.15, 0.2) is 0 Å². The fraction of sp³-hybridized carbons (Fsp3) is 1.00. The van der Waals surface area contributed by atoms with E-state index in [-0.39, 0.29) is 0 Å². The van der Waals surface area contributed by atoms with Crippen LogP contribution < -0.4 is 5.32 Å². The summed E-state index contributed by atoms with van der Waals surface area (Å²) in [6.45, 7) is 6.62. The molecule has 1 aliphatic heterocycles. The van der Waals surface area contributed by atoms with E-state index in [1.54, 1.807) is 7.11 Å². The van der Waals surface area contributed by atoms with Gasteiger partial charge in [-0.25, -0.2) is 0 Å². The molecular formula is C10H21NO. The molecule has 72 valence electrons. The van der Waals surface area contributed by atoms with E-state index in [2.05, 4.69) is 19.2 Å². The molecule has 0 saturated carbocycles. The summed E-state index contributed by atoms with van der Waals surface area (Å²) in [5.41, 5.74) is 0. The second-order valence-electron chi connectivity index (χ2n) is 4.08. The number of piperidine rings is 1. The Balaban J connectivity index is 2.24. The minimum atomic E-state index is 0.704. The van der Waals surface area contributed by atoms with Crippen LogP contribution in [0.2, 0.25) is 0 Å². The average Bonchev–Trinajstić information content (AvgIpc) is 2.06. The molecule has 1 rings (SSSR count). The Hall–Kier alpha value is -0.0800. The van der Waals surface area contributed by atoms with Gasteiger partial charge in [0, 0.05) is 19.8 Å². The Bertz CT molecular complexity index is 119. The van der Waals surface area contributed by atoms with Crippen LogP contribution in [0.4, 0.5) is 0 Å². The quantitative estimate of drug-likeness (QED) is 0.697. The van der Waals surface area contributed by atoms with Gasteiger partial charge in [0.25, 0.3) is 0 Å². The third-order valence-electron chi connectivity index (χ3n) is 2.93. The average molecular weight is 171 g/mol. The standard InChI is InChI=1S/C10H21NO/c1-8(7-12-3)10-5-4-9(2)11-6-10/h8-11H,4-7H2,1-3H3. The molecule has 0 aliphatic carbocycles. The molecule has 2 nitrogen and oxygen atoms in total. The Labute approximate surface area is 75.7 Å². The molecule has 1 fully saturated rings. The molecule has 2 heteroatoms. The van der Waals surface area contributed by atoms with Crippen molar-refractivity contribution in [1.29, 1.82) is 0 Å². The highest BCUT2D eigenvalue weighted by Crippen LogP contribution is 2.21. The van der Waals surface area contributed by atoms with E-state index in [1.165, 1.54) is 19.4 Å². The van der Waals surface area contributed by atoms with Crippen molar-refractivity contribution < 1.29 is 4.74 Å². The van der Waals surface area contributed by atoms with Crippen LogP contribution in [0.15, 0.2) is 0 Å². The predicted molar refractivity (Wildman–Crippen MR) is 51.2 cm³/mol. The first-order chi connectivity index (χ1) is 5.74. The van der Waals surface area contributed by atoms with Crippen LogP contribution in [0, 0.1) is 11.8 Å². The maximum atomic E-state index is 5.16. The van der Waals surface area contributed by atoms with Crippen molar-refractivity contribution in [2.24, 2.45) is 11.8 Å².